The topological polar surface area (TPSA) is 75.7 Å². The number of nitrogens with one attached hydrogen (secondary N) is 1. The van der Waals surface area contributed by atoms with Gasteiger partial charge < -0.3 is 10.1 Å². The molecule has 0 aromatic carbocycles. The molecule has 1 aliphatic rings. The third-order valence-corrected chi connectivity index (χ3v) is 2.73. The third-order valence-electron chi connectivity index (χ3n) is 1.81. The number of halogens is 1. The molecule has 6 nitrogen and oxygen atoms in total. The Morgan fingerprint density at radius 2 is 2.27 bits per heavy atom. The lowest BCUT2D eigenvalue weighted by Gasteiger charge is -2.35. The van der Waals surface area contributed by atoms with Gasteiger partial charge in [0.2, 0.25) is 0 Å². The highest BCUT2D eigenvalue weighted by atomic mass is 32.3. The summed E-state index contributed by atoms with van der Waals surface area (Å²) in [5.74, 6) is 0. The van der Waals surface area contributed by atoms with Crippen molar-refractivity contribution in [2.24, 2.45) is 0 Å². The molecule has 0 saturated carbocycles. The van der Waals surface area contributed by atoms with Crippen molar-refractivity contribution in [3.05, 3.63) is 12.7 Å². The Balaban J connectivity index is 2.23. The van der Waals surface area contributed by atoms with Crippen molar-refractivity contribution < 1.29 is 21.8 Å². The van der Waals surface area contributed by atoms with E-state index in [9.17, 15) is 17.1 Å². The summed E-state index contributed by atoms with van der Waals surface area (Å²) in [6.45, 7) is 3.29. The Bertz CT molecular complexity index is 350. The maximum absolute atomic E-state index is 12.3. The second-order valence-corrected chi connectivity index (χ2v) is 4.33. The number of ether oxygens (including phenoxy) is 1. The van der Waals surface area contributed by atoms with Gasteiger partial charge in [0, 0.05) is 13.1 Å². The van der Waals surface area contributed by atoms with Gasteiger partial charge >= 0.3 is 16.5 Å². The second-order valence-electron chi connectivity index (χ2n) is 2.99. The predicted octanol–water partition coefficient (Wildman–Crippen LogP) is -0.203. The molecular weight excluding hydrogens is 227 g/mol. The summed E-state index contributed by atoms with van der Waals surface area (Å²) in [7, 11) is -4.63. The lowest BCUT2D eigenvalue weighted by atomic mass is 10.2. The molecule has 1 rings (SSSR count). The van der Waals surface area contributed by atoms with Crippen LogP contribution in [0.1, 0.15) is 0 Å². The van der Waals surface area contributed by atoms with Crippen LogP contribution in [-0.4, -0.2) is 44.6 Å². The van der Waals surface area contributed by atoms with Gasteiger partial charge in [-0.3, -0.25) is 0 Å². The average molecular weight is 238 g/mol. The van der Waals surface area contributed by atoms with Crippen LogP contribution in [0.5, 0.6) is 0 Å². The van der Waals surface area contributed by atoms with Gasteiger partial charge in [-0.1, -0.05) is 16.5 Å². The summed E-state index contributed by atoms with van der Waals surface area (Å²) in [5.41, 5.74) is 0. The molecule has 0 atom stereocenters. The SMILES string of the molecule is C=CCOC(=O)NC1CN(S(=O)(=O)F)C1. The predicted molar refractivity (Wildman–Crippen MR) is 50.1 cm³/mol. The minimum Gasteiger partial charge on any atom is -0.445 e. The van der Waals surface area contributed by atoms with E-state index in [-0.39, 0.29) is 19.7 Å². The molecule has 0 spiro atoms. The van der Waals surface area contributed by atoms with Crippen LogP contribution in [0, 0.1) is 0 Å². The summed E-state index contributed by atoms with van der Waals surface area (Å²) in [5, 5.41) is 2.37. The van der Waals surface area contributed by atoms with E-state index in [0.29, 0.717) is 4.31 Å². The van der Waals surface area contributed by atoms with Crippen LogP contribution in [0.15, 0.2) is 12.7 Å². The molecule has 0 aliphatic carbocycles. The first kappa shape index (κ1) is 11.9. The molecule has 0 radical (unpaired) electrons. The zero-order valence-electron chi connectivity index (χ0n) is 7.85. The molecule has 1 amide bonds. The average Bonchev–Trinajstić information content (AvgIpc) is 2.04. The van der Waals surface area contributed by atoms with Gasteiger partial charge in [-0.05, 0) is 0 Å². The summed E-state index contributed by atoms with van der Waals surface area (Å²) in [6.07, 6.45) is 0.731. The third kappa shape index (κ3) is 3.48. The Morgan fingerprint density at radius 1 is 1.67 bits per heavy atom. The van der Waals surface area contributed by atoms with Crippen molar-refractivity contribution in [3.63, 3.8) is 0 Å². The molecule has 0 unspecified atom stereocenters. The van der Waals surface area contributed by atoms with Crippen molar-refractivity contribution in [2.75, 3.05) is 19.7 Å². The summed E-state index contributed by atoms with van der Waals surface area (Å²) in [6, 6.07) is -0.396. The van der Waals surface area contributed by atoms with Crippen molar-refractivity contribution in [1.29, 1.82) is 0 Å². The number of amides is 1. The molecule has 0 bridgehead atoms. The number of carbonyl (C=O) groups is 1. The van der Waals surface area contributed by atoms with Crippen molar-refractivity contribution in [2.45, 2.75) is 6.04 Å². The molecule has 15 heavy (non-hydrogen) atoms. The number of alkyl carbamates (subject to hydrolysis) is 1. The fourth-order valence-electron chi connectivity index (χ4n) is 1.05. The van der Waals surface area contributed by atoms with Crippen molar-refractivity contribution >= 4 is 16.5 Å². The molecule has 1 saturated heterocycles. The number of nitrogens with zero attached hydrogens (tertiary/aromatic N) is 1. The van der Waals surface area contributed by atoms with E-state index in [1.54, 1.807) is 0 Å². The summed E-state index contributed by atoms with van der Waals surface area (Å²) < 4.78 is 38.1. The maximum Gasteiger partial charge on any atom is 0.407 e. The Kier molecular flexibility index (Phi) is 3.64. The number of carbonyl (C=O) groups excluding carboxylic acids is 1. The number of hydrogen-bond donors (Lipinski definition) is 1. The Hall–Kier alpha value is -1.15. The zero-order valence-corrected chi connectivity index (χ0v) is 8.67. The fraction of sp³-hybridized carbons (Fsp3) is 0.571. The quantitative estimate of drug-likeness (QED) is 0.543. The van der Waals surface area contributed by atoms with Crippen LogP contribution in [-0.2, 0) is 15.1 Å². The van der Waals surface area contributed by atoms with Gasteiger partial charge in [-0.15, -0.1) is 0 Å². The van der Waals surface area contributed by atoms with Crippen LogP contribution < -0.4 is 5.32 Å². The van der Waals surface area contributed by atoms with E-state index in [1.807, 2.05) is 0 Å². The first-order chi connectivity index (χ1) is 6.93. The maximum atomic E-state index is 12.3. The summed E-state index contributed by atoms with van der Waals surface area (Å²) >= 11 is 0. The largest absolute Gasteiger partial charge is 0.445 e. The van der Waals surface area contributed by atoms with E-state index in [4.69, 9.17) is 0 Å². The van der Waals surface area contributed by atoms with Crippen molar-refractivity contribution in [1.82, 2.24) is 9.62 Å². The molecule has 86 valence electrons. The first-order valence-electron chi connectivity index (χ1n) is 4.17. The van der Waals surface area contributed by atoms with Crippen LogP contribution in [0.25, 0.3) is 0 Å². The standard InChI is InChI=1S/C7H11FN2O4S/c1-2-3-14-7(11)9-6-4-10(5-6)15(8,12)13/h2,6H,1,3-5H2,(H,9,11). The Morgan fingerprint density at radius 3 is 2.73 bits per heavy atom. The zero-order chi connectivity index (χ0) is 11.5. The molecule has 0 aromatic rings. The minimum absolute atomic E-state index is 0.0674. The van der Waals surface area contributed by atoms with Gasteiger partial charge in [-0.2, -0.15) is 12.7 Å². The number of hydrogen-bond acceptors (Lipinski definition) is 4. The highest BCUT2D eigenvalue weighted by Gasteiger charge is 2.36. The fourth-order valence-corrected chi connectivity index (χ4v) is 1.77. The van der Waals surface area contributed by atoms with Gasteiger partial charge in [0.25, 0.3) is 0 Å². The highest BCUT2D eigenvalue weighted by molar-refractivity contribution is 7.84. The molecule has 1 aliphatic heterocycles. The van der Waals surface area contributed by atoms with Gasteiger partial charge in [0.05, 0.1) is 6.04 Å². The van der Waals surface area contributed by atoms with Crippen LogP contribution in [0.4, 0.5) is 8.68 Å². The first-order valence-corrected chi connectivity index (χ1v) is 5.51. The van der Waals surface area contributed by atoms with E-state index in [0.717, 1.165) is 0 Å². The lowest BCUT2D eigenvalue weighted by molar-refractivity contribution is 0.138. The van der Waals surface area contributed by atoms with Crippen LogP contribution >= 0.6 is 0 Å². The molecule has 0 aromatic heterocycles. The second kappa shape index (κ2) is 4.58. The van der Waals surface area contributed by atoms with Crippen molar-refractivity contribution in [3.8, 4) is 0 Å². The molecular formula is C7H11FN2O4S. The number of rotatable bonds is 4. The van der Waals surface area contributed by atoms with E-state index < -0.39 is 22.5 Å². The molecule has 1 N–H and O–H groups in total. The van der Waals surface area contributed by atoms with Crippen LogP contribution in [0.2, 0.25) is 0 Å². The molecule has 1 fully saturated rings. The highest BCUT2D eigenvalue weighted by Crippen LogP contribution is 2.14. The smallest absolute Gasteiger partial charge is 0.407 e. The van der Waals surface area contributed by atoms with Gasteiger partial charge in [-0.25, -0.2) is 4.79 Å². The van der Waals surface area contributed by atoms with E-state index in [2.05, 4.69) is 16.6 Å². The van der Waals surface area contributed by atoms with Gasteiger partial charge in [0.15, 0.2) is 0 Å². The Labute approximate surface area is 87.0 Å². The lowest BCUT2D eigenvalue weighted by Crippen LogP contribution is -2.60. The monoisotopic (exact) mass is 238 g/mol. The van der Waals surface area contributed by atoms with E-state index >= 15 is 0 Å². The van der Waals surface area contributed by atoms with Gasteiger partial charge in [0.1, 0.15) is 6.61 Å². The molecule has 1 heterocycles. The normalized spacial score (nSPS) is 17.9. The van der Waals surface area contributed by atoms with Crippen LogP contribution in [0.3, 0.4) is 0 Å². The minimum atomic E-state index is -4.63. The molecule has 8 heteroatoms. The summed E-state index contributed by atoms with van der Waals surface area (Å²) in [4.78, 5) is 10.9. The van der Waals surface area contributed by atoms with E-state index in [1.165, 1.54) is 6.08 Å².